The molecule has 0 radical (unpaired) electrons. The molecule has 1 aromatic heterocycles. The van der Waals surface area contributed by atoms with Crippen molar-refractivity contribution in [2.24, 2.45) is 0 Å². The molecule has 0 atom stereocenters. The first-order chi connectivity index (χ1) is 12.1. The molecule has 0 aliphatic rings. The molecule has 0 bridgehead atoms. The van der Waals surface area contributed by atoms with Gasteiger partial charge in [0, 0.05) is 12.1 Å². The highest BCUT2D eigenvalue weighted by Crippen LogP contribution is 2.22. The summed E-state index contributed by atoms with van der Waals surface area (Å²) >= 11 is 5.90. The van der Waals surface area contributed by atoms with Crippen LogP contribution in [0.4, 0.5) is 5.69 Å². The van der Waals surface area contributed by atoms with Crippen LogP contribution in [-0.4, -0.2) is 19.9 Å². The van der Waals surface area contributed by atoms with Crippen molar-refractivity contribution in [3.8, 4) is 11.8 Å². The van der Waals surface area contributed by atoms with Crippen LogP contribution in [0, 0.1) is 10.1 Å². The molecule has 25 heavy (non-hydrogen) atoms. The van der Waals surface area contributed by atoms with Crippen LogP contribution in [0.2, 0.25) is 5.28 Å². The molecule has 3 rings (SSSR count). The maximum absolute atomic E-state index is 10.7. The van der Waals surface area contributed by atoms with Gasteiger partial charge in [0.25, 0.3) is 5.69 Å². The lowest BCUT2D eigenvalue weighted by atomic mass is 10.2. The molecule has 0 saturated carbocycles. The van der Waals surface area contributed by atoms with Crippen molar-refractivity contribution in [1.29, 1.82) is 0 Å². The minimum Gasteiger partial charge on any atom is -0.424 e. The smallest absolute Gasteiger partial charge is 0.326 e. The highest BCUT2D eigenvalue weighted by atomic mass is 35.5. The number of non-ortho nitro benzene ring substituents is 1. The van der Waals surface area contributed by atoms with Crippen LogP contribution in [0.1, 0.15) is 11.4 Å². The fraction of sp³-hybridized carbons (Fsp3) is 0. The lowest BCUT2D eigenvalue weighted by molar-refractivity contribution is -0.384. The summed E-state index contributed by atoms with van der Waals surface area (Å²) in [5, 5.41) is 10.6. The number of hydrogen-bond donors (Lipinski definition) is 0. The maximum Gasteiger partial charge on any atom is 0.326 e. The first kappa shape index (κ1) is 16.5. The molecule has 0 saturated heterocycles. The summed E-state index contributed by atoms with van der Waals surface area (Å²) < 4.78 is 5.48. The van der Waals surface area contributed by atoms with E-state index >= 15 is 0 Å². The largest absolute Gasteiger partial charge is 0.424 e. The normalized spacial score (nSPS) is 10.8. The van der Waals surface area contributed by atoms with Crippen LogP contribution in [0.5, 0.6) is 11.8 Å². The molecule has 0 aliphatic carbocycles. The minimum absolute atomic E-state index is 0.00145. The second-order valence-electron chi connectivity index (χ2n) is 4.84. The molecule has 124 valence electrons. The van der Waals surface area contributed by atoms with E-state index in [1.807, 2.05) is 36.4 Å². The van der Waals surface area contributed by atoms with Crippen molar-refractivity contribution in [3.63, 3.8) is 0 Å². The Kier molecular flexibility index (Phi) is 4.96. The number of benzene rings is 2. The van der Waals surface area contributed by atoms with Crippen molar-refractivity contribution in [3.05, 3.63) is 81.4 Å². The summed E-state index contributed by atoms with van der Waals surface area (Å²) in [5.41, 5.74) is 0.949. The number of rotatable bonds is 5. The predicted octanol–water partition coefficient (Wildman–Crippen LogP) is 4.40. The van der Waals surface area contributed by atoms with Crippen molar-refractivity contribution >= 4 is 29.4 Å². The van der Waals surface area contributed by atoms with Crippen LogP contribution in [0.25, 0.3) is 12.2 Å². The molecule has 8 heteroatoms. The summed E-state index contributed by atoms with van der Waals surface area (Å²) in [7, 11) is 0. The van der Waals surface area contributed by atoms with Gasteiger partial charge in [0.05, 0.1) is 4.92 Å². The molecule has 0 N–H and O–H groups in total. The number of hydrogen-bond acceptors (Lipinski definition) is 6. The molecule has 3 aromatic rings. The monoisotopic (exact) mass is 354 g/mol. The van der Waals surface area contributed by atoms with Gasteiger partial charge in [-0.1, -0.05) is 36.4 Å². The Balaban J connectivity index is 1.79. The molecule has 2 aromatic carbocycles. The standard InChI is InChI=1S/C17H11ClN4O3/c18-16-19-15(11-6-12-4-2-1-3-5-12)20-17(21-16)25-14-9-7-13(8-10-14)22(23)24/h1-11H/b11-6+. The van der Waals surface area contributed by atoms with Crippen molar-refractivity contribution in [2.45, 2.75) is 0 Å². The Bertz CT molecular complexity index is 915. The molecule has 0 amide bonds. The Morgan fingerprint density at radius 1 is 0.960 bits per heavy atom. The van der Waals surface area contributed by atoms with Gasteiger partial charge in [-0.15, -0.1) is 0 Å². The molecule has 1 heterocycles. The molecular formula is C17H11ClN4O3. The van der Waals surface area contributed by atoms with Crippen molar-refractivity contribution < 1.29 is 9.66 Å². The van der Waals surface area contributed by atoms with E-state index in [-0.39, 0.29) is 17.0 Å². The van der Waals surface area contributed by atoms with Gasteiger partial charge in [-0.05, 0) is 35.4 Å². The van der Waals surface area contributed by atoms with E-state index in [0.717, 1.165) is 5.56 Å². The number of nitro groups is 1. The van der Waals surface area contributed by atoms with E-state index in [1.165, 1.54) is 24.3 Å². The van der Waals surface area contributed by atoms with Crippen molar-refractivity contribution in [2.75, 3.05) is 0 Å². The fourth-order valence-electron chi connectivity index (χ4n) is 1.94. The van der Waals surface area contributed by atoms with E-state index in [9.17, 15) is 10.1 Å². The van der Waals surface area contributed by atoms with E-state index < -0.39 is 4.92 Å². The highest BCUT2D eigenvalue weighted by Gasteiger charge is 2.08. The maximum atomic E-state index is 10.7. The Hall–Kier alpha value is -3.32. The van der Waals surface area contributed by atoms with Gasteiger partial charge in [-0.25, -0.2) is 0 Å². The van der Waals surface area contributed by atoms with Gasteiger partial charge < -0.3 is 4.74 Å². The predicted molar refractivity (Wildman–Crippen MR) is 93.4 cm³/mol. The molecule has 0 fully saturated rings. The van der Waals surface area contributed by atoms with Crippen molar-refractivity contribution in [1.82, 2.24) is 15.0 Å². The third-order valence-electron chi connectivity index (χ3n) is 3.09. The van der Waals surface area contributed by atoms with Crippen LogP contribution < -0.4 is 4.74 Å². The summed E-state index contributed by atoms with van der Waals surface area (Å²) in [5.74, 6) is 0.687. The van der Waals surface area contributed by atoms with E-state index in [0.29, 0.717) is 11.6 Å². The lowest BCUT2D eigenvalue weighted by Crippen LogP contribution is -1.97. The van der Waals surface area contributed by atoms with Gasteiger partial charge >= 0.3 is 6.01 Å². The van der Waals surface area contributed by atoms with Gasteiger partial charge in [0.15, 0.2) is 5.82 Å². The Morgan fingerprint density at radius 2 is 1.68 bits per heavy atom. The minimum atomic E-state index is -0.490. The zero-order valence-electron chi connectivity index (χ0n) is 12.7. The number of halogens is 1. The first-order valence-electron chi connectivity index (χ1n) is 7.17. The lowest BCUT2D eigenvalue weighted by Gasteiger charge is -2.04. The number of aromatic nitrogens is 3. The molecular weight excluding hydrogens is 344 g/mol. The third-order valence-corrected chi connectivity index (χ3v) is 3.26. The zero-order valence-corrected chi connectivity index (χ0v) is 13.5. The quantitative estimate of drug-likeness (QED) is 0.498. The molecule has 0 spiro atoms. The van der Waals surface area contributed by atoms with Crippen LogP contribution in [0.15, 0.2) is 54.6 Å². The topological polar surface area (TPSA) is 91.0 Å². The summed E-state index contributed by atoms with van der Waals surface area (Å²) in [4.78, 5) is 22.2. The number of nitrogens with zero attached hydrogens (tertiary/aromatic N) is 4. The summed E-state index contributed by atoms with van der Waals surface area (Å²) in [6.07, 6.45) is 3.52. The molecule has 7 nitrogen and oxygen atoms in total. The van der Waals surface area contributed by atoms with E-state index in [4.69, 9.17) is 16.3 Å². The average molecular weight is 355 g/mol. The average Bonchev–Trinajstić information content (AvgIpc) is 2.61. The van der Waals surface area contributed by atoms with Crippen LogP contribution in [-0.2, 0) is 0 Å². The van der Waals surface area contributed by atoms with Gasteiger partial charge in [-0.2, -0.15) is 15.0 Å². The van der Waals surface area contributed by atoms with Crippen LogP contribution in [0.3, 0.4) is 0 Å². The SMILES string of the molecule is O=[N+]([O-])c1ccc(Oc2nc(Cl)nc(/C=C/c3ccccc3)n2)cc1. The Morgan fingerprint density at radius 3 is 2.36 bits per heavy atom. The fourth-order valence-corrected chi connectivity index (χ4v) is 2.10. The van der Waals surface area contributed by atoms with E-state index in [1.54, 1.807) is 6.08 Å². The number of ether oxygens (including phenoxy) is 1. The van der Waals surface area contributed by atoms with Gasteiger partial charge in [-0.3, -0.25) is 10.1 Å². The zero-order chi connectivity index (χ0) is 17.6. The Labute approximate surface area is 147 Å². The second-order valence-corrected chi connectivity index (χ2v) is 5.18. The second kappa shape index (κ2) is 7.50. The van der Waals surface area contributed by atoms with Crippen LogP contribution >= 0.6 is 11.6 Å². The molecule has 0 unspecified atom stereocenters. The number of nitro benzene ring substituents is 1. The highest BCUT2D eigenvalue weighted by molar-refractivity contribution is 6.28. The van der Waals surface area contributed by atoms with Gasteiger partial charge in [0.2, 0.25) is 5.28 Å². The first-order valence-corrected chi connectivity index (χ1v) is 7.55. The molecule has 0 aliphatic heterocycles. The third kappa shape index (κ3) is 4.58. The van der Waals surface area contributed by atoms with E-state index in [2.05, 4.69) is 15.0 Å². The summed E-state index contributed by atoms with van der Waals surface area (Å²) in [6, 6.07) is 15.2. The van der Waals surface area contributed by atoms with Gasteiger partial charge in [0.1, 0.15) is 5.75 Å². The summed E-state index contributed by atoms with van der Waals surface area (Å²) in [6.45, 7) is 0.